The standard InChI is InChI=1S/C25H24F2N2O3/c1-17(11-19(14-30)21-12-20(26)7-8-22(21)27)28-23-13-29(16-25(23)9-10-25)24(31)32-15-18-5-3-2-4-6-18/h2-8,11-12,23,28H,9-10,13,15-16H2,1H3/b17-11+/t23-/m1/s1. The number of nitrogens with zero attached hydrogens (tertiary/aromatic N) is 1. The average molecular weight is 438 g/mol. The minimum Gasteiger partial charge on any atom is -0.445 e. The highest BCUT2D eigenvalue weighted by molar-refractivity contribution is 5.93. The number of hydrogen-bond donors (Lipinski definition) is 1. The molecule has 1 aliphatic carbocycles. The Balaban J connectivity index is 1.41. The van der Waals surface area contributed by atoms with Gasteiger partial charge in [-0.05, 0) is 49.6 Å². The van der Waals surface area contributed by atoms with Gasteiger partial charge in [0.25, 0.3) is 0 Å². The molecule has 2 aromatic carbocycles. The van der Waals surface area contributed by atoms with Gasteiger partial charge < -0.3 is 15.0 Å². The summed E-state index contributed by atoms with van der Waals surface area (Å²) in [5, 5.41) is 3.35. The maximum absolute atomic E-state index is 14.1. The molecule has 32 heavy (non-hydrogen) atoms. The fraction of sp³-hybridized carbons (Fsp3) is 0.320. The minimum atomic E-state index is -0.694. The molecule has 1 aliphatic heterocycles. The van der Waals surface area contributed by atoms with Crippen molar-refractivity contribution < 1.29 is 23.1 Å². The largest absolute Gasteiger partial charge is 0.445 e. The molecule has 2 aliphatic rings. The lowest BCUT2D eigenvalue weighted by Crippen LogP contribution is -2.37. The van der Waals surface area contributed by atoms with Gasteiger partial charge in [0, 0.05) is 29.8 Å². The summed E-state index contributed by atoms with van der Waals surface area (Å²) in [5.74, 6) is 0.369. The molecule has 166 valence electrons. The molecule has 0 aromatic heterocycles. The predicted octanol–water partition coefficient (Wildman–Crippen LogP) is 4.47. The summed E-state index contributed by atoms with van der Waals surface area (Å²) in [4.78, 5) is 25.7. The number of carbonyl (C=O) groups excluding carboxylic acids is 2. The maximum Gasteiger partial charge on any atom is 0.410 e. The molecule has 1 atom stereocenters. The van der Waals surface area contributed by atoms with Crippen molar-refractivity contribution in [2.75, 3.05) is 13.1 Å². The van der Waals surface area contributed by atoms with Gasteiger partial charge in [0.1, 0.15) is 24.2 Å². The van der Waals surface area contributed by atoms with E-state index in [1.165, 1.54) is 6.08 Å². The number of benzene rings is 2. The summed E-state index contributed by atoms with van der Waals surface area (Å²) in [6, 6.07) is 12.4. The van der Waals surface area contributed by atoms with Crippen molar-refractivity contribution in [3.05, 3.63) is 83.1 Å². The third-order valence-electron chi connectivity index (χ3n) is 6.09. The molecule has 2 aromatic rings. The number of rotatable bonds is 6. The van der Waals surface area contributed by atoms with E-state index in [1.807, 2.05) is 30.3 Å². The first-order chi connectivity index (χ1) is 15.4. The van der Waals surface area contributed by atoms with Gasteiger partial charge in [0.2, 0.25) is 0 Å². The lowest BCUT2D eigenvalue weighted by Gasteiger charge is -2.20. The second kappa shape index (κ2) is 8.97. The van der Waals surface area contributed by atoms with Crippen LogP contribution in [0.15, 0.2) is 60.3 Å². The van der Waals surface area contributed by atoms with Crippen LogP contribution in [0.2, 0.25) is 0 Å². The van der Waals surface area contributed by atoms with Gasteiger partial charge in [-0.25, -0.2) is 18.4 Å². The van der Waals surface area contributed by atoms with Gasteiger partial charge in [0.05, 0.1) is 11.6 Å². The van der Waals surface area contributed by atoms with E-state index in [4.69, 9.17) is 4.74 Å². The van der Waals surface area contributed by atoms with Crippen LogP contribution in [-0.2, 0) is 16.1 Å². The summed E-state index contributed by atoms with van der Waals surface area (Å²) in [6.07, 6.45) is 3.06. The summed E-state index contributed by atoms with van der Waals surface area (Å²) in [7, 11) is 0. The number of allylic oxidation sites excluding steroid dienone is 3. The molecular formula is C25H24F2N2O3. The Labute approximate surface area is 185 Å². The topological polar surface area (TPSA) is 58.6 Å². The number of hydrogen-bond acceptors (Lipinski definition) is 4. The summed E-state index contributed by atoms with van der Waals surface area (Å²) < 4.78 is 33.0. The highest BCUT2D eigenvalue weighted by Gasteiger charge is 2.56. The van der Waals surface area contributed by atoms with Gasteiger partial charge in [0.15, 0.2) is 0 Å². The minimum absolute atomic E-state index is 0.0201. The van der Waals surface area contributed by atoms with Crippen LogP contribution in [0.3, 0.4) is 0 Å². The van der Waals surface area contributed by atoms with E-state index in [1.54, 1.807) is 17.8 Å². The normalized spacial score (nSPS) is 18.9. The molecule has 2 fully saturated rings. The third kappa shape index (κ3) is 4.73. The molecule has 0 radical (unpaired) electrons. The van der Waals surface area contributed by atoms with E-state index in [-0.39, 0.29) is 35.3 Å². The Kier molecular flexibility index (Phi) is 6.10. The SMILES string of the molecule is C/C(=C\C(=C=O)c1cc(F)ccc1F)N[C@@H]1CN(C(=O)OCc2ccccc2)CC12CC2. The second-order valence-corrected chi connectivity index (χ2v) is 8.45. The van der Waals surface area contributed by atoms with Gasteiger partial charge in [-0.15, -0.1) is 0 Å². The Morgan fingerprint density at radius 1 is 1.25 bits per heavy atom. The first-order valence-electron chi connectivity index (χ1n) is 10.5. The molecule has 7 heteroatoms. The molecule has 1 saturated heterocycles. The zero-order valence-electron chi connectivity index (χ0n) is 17.7. The monoisotopic (exact) mass is 438 g/mol. The third-order valence-corrected chi connectivity index (χ3v) is 6.09. The summed E-state index contributed by atoms with van der Waals surface area (Å²) >= 11 is 0. The molecule has 0 unspecified atom stereocenters. The number of carbonyl (C=O) groups is 1. The predicted molar refractivity (Wildman–Crippen MR) is 116 cm³/mol. The molecule has 1 N–H and O–H groups in total. The van der Waals surface area contributed by atoms with E-state index < -0.39 is 11.6 Å². The lowest BCUT2D eigenvalue weighted by molar-refractivity contribution is 0.102. The van der Waals surface area contributed by atoms with Gasteiger partial charge in [-0.1, -0.05) is 30.3 Å². The first kappa shape index (κ1) is 21.8. The molecule has 1 heterocycles. The van der Waals surface area contributed by atoms with Crippen LogP contribution in [0.5, 0.6) is 0 Å². The average Bonchev–Trinajstić information content (AvgIpc) is 3.49. The van der Waals surface area contributed by atoms with E-state index in [0.29, 0.717) is 18.8 Å². The van der Waals surface area contributed by atoms with Gasteiger partial charge in [-0.3, -0.25) is 0 Å². The van der Waals surface area contributed by atoms with Crippen LogP contribution < -0.4 is 5.32 Å². The summed E-state index contributed by atoms with van der Waals surface area (Å²) in [6.45, 7) is 3.03. The van der Waals surface area contributed by atoms with E-state index in [0.717, 1.165) is 36.6 Å². The van der Waals surface area contributed by atoms with Crippen molar-refractivity contribution in [3.8, 4) is 0 Å². The van der Waals surface area contributed by atoms with E-state index in [2.05, 4.69) is 5.32 Å². The Hall–Kier alpha value is -3.44. The van der Waals surface area contributed by atoms with Crippen molar-refractivity contribution >= 4 is 17.6 Å². The number of halogens is 2. The van der Waals surface area contributed by atoms with Crippen molar-refractivity contribution in [2.24, 2.45) is 5.41 Å². The number of nitrogens with one attached hydrogen (secondary N) is 1. The van der Waals surface area contributed by atoms with Crippen molar-refractivity contribution in [1.29, 1.82) is 0 Å². The molecule has 1 spiro atoms. The smallest absolute Gasteiger partial charge is 0.410 e. The fourth-order valence-electron chi connectivity index (χ4n) is 4.18. The van der Waals surface area contributed by atoms with Crippen molar-refractivity contribution in [1.82, 2.24) is 10.2 Å². The molecule has 1 saturated carbocycles. The fourth-order valence-corrected chi connectivity index (χ4v) is 4.18. The van der Waals surface area contributed by atoms with Gasteiger partial charge in [-0.2, -0.15) is 0 Å². The first-order valence-corrected chi connectivity index (χ1v) is 10.5. The molecule has 5 nitrogen and oxygen atoms in total. The van der Waals surface area contributed by atoms with Crippen LogP contribution in [0.4, 0.5) is 13.6 Å². The van der Waals surface area contributed by atoms with Crippen LogP contribution in [0, 0.1) is 17.0 Å². The molecule has 0 bridgehead atoms. The number of ether oxygens (including phenoxy) is 1. The number of amides is 1. The lowest BCUT2D eigenvalue weighted by atomic mass is 10.00. The van der Waals surface area contributed by atoms with Crippen LogP contribution in [0.1, 0.15) is 30.9 Å². The maximum atomic E-state index is 14.1. The highest BCUT2D eigenvalue weighted by Crippen LogP contribution is 2.53. The van der Waals surface area contributed by atoms with Crippen LogP contribution in [0.25, 0.3) is 5.57 Å². The van der Waals surface area contributed by atoms with Crippen molar-refractivity contribution in [2.45, 2.75) is 32.4 Å². The van der Waals surface area contributed by atoms with Crippen LogP contribution >= 0.6 is 0 Å². The Bertz CT molecular complexity index is 1090. The second-order valence-electron chi connectivity index (χ2n) is 8.45. The summed E-state index contributed by atoms with van der Waals surface area (Å²) in [5.41, 5.74) is 1.29. The number of likely N-dealkylation sites (tertiary alicyclic amines) is 1. The van der Waals surface area contributed by atoms with E-state index in [9.17, 15) is 18.4 Å². The quantitative estimate of drug-likeness (QED) is 0.534. The molecule has 1 amide bonds. The van der Waals surface area contributed by atoms with E-state index >= 15 is 0 Å². The molecule has 4 rings (SSSR count). The van der Waals surface area contributed by atoms with Crippen LogP contribution in [-0.4, -0.2) is 36.1 Å². The Morgan fingerprint density at radius 2 is 2.00 bits per heavy atom. The van der Waals surface area contributed by atoms with Gasteiger partial charge >= 0.3 is 6.09 Å². The Morgan fingerprint density at radius 3 is 2.69 bits per heavy atom. The zero-order chi connectivity index (χ0) is 22.7. The zero-order valence-corrected chi connectivity index (χ0v) is 17.7. The van der Waals surface area contributed by atoms with Crippen molar-refractivity contribution in [3.63, 3.8) is 0 Å². The molecular weight excluding hydrogens is 414 g/mol. The highest BCUT2D eigenvalue weighted by atomic mass is 19.1.